The molecule has 170 valence electrons. The Hall–Kier alpha value is -1.88. The number of carbonyl (C=O) groups is 2. The van der Waals surface area contributed by atoms with E-state index < -0.39 is 15.3 Å². The predicted molar refractivity (Wildman–Crippen MR) is 129 cm³/mol. The summed E-state index contributed by atoms with van der Waals surface area (Å²) in [5, 5.41) is 4.43. The van der Waals surface area contributed by atoms with Crippen molar-refractivity contribution < 1.29 is 18.0 Å². The normalized spacial score (nSPS) is 21.3. The van der Waals surface area contributed by atoms with E-state index in [1.807, 2.05) is 0 Å². The summed E-state index contributed by atoms with van der Waals surface area (Å²) in [6, 6.07) is 9.73. The maximum absolute atomic E-state index is 13.3. The molecule has 2 amide bonds. The summed E-state index contributed by atoms with van der Waals surface area (Å²) in [5.74, 6) is -0.586. The highest BCUT2D eigenvalue weighted by Crippen LogP contribution is 2.36. The molecule has 1 aromatic carbocycles. The van der Waals surface area contributed by atoms with E-state index in [-0.39, 0.29) is 33.7 Å². The van der Waals surface area contributed by atoms with E-state index >= 15 is 0 Å². The zero-order valence-corrected chi connectivity index (χ0v) is 20.3. The Kier molecular flexibility index (Phi) is 7.24. The molecule has 1 aliphatic heterocycles. The van der Waals surface area contributed by atoms with E-state index in [1.54, 1.807) is 35.7 Å². The molecule has 2 aliphatic rings. The Bertz CT molecular complexity index is 1110. The number of hydrogen-bond donors (Lipinski definition) is 1. The average Bonchev–Trinajstić information content (AvgIpc) is 3.40. The largest absolute Gasteiger partial charge is 0.326 e. The zero-order chi connectivity index (χ0) is 22.7. The van der Waals surface area contributed by atoms with Crippen LogP contribution in [-0.4, -0.2) is 41.6 Å². The molecule has 11 heteroatoms. The molecule has 1 atom stereocenters. The molecule has 1 aliphatic carbocycles. The molecular weight excluding hydrogens is 490 g/mol. The lowest BCUT2D eigenvalue weighted by molar-refractivity contribution is -0.130. The monoisotopic (exact) mass is 511 g/mol. The van der Waals surface area contributed by atoms with Gasteiger partial charge in [0.15, 0.2) is 5.17 Å². The summed E-state index contributed by atoms with van der Waals surface area (Å²) in [6.07, 6.45) is 4.58. The van der Waals surface area contributed by atoms with E-state index in [2.05, 4.69) is 9.71 Å². The second-order valence-corrected chi connectivity index (χ2v) is 12.0. The molecule has 0 bridgehead atoms. The first-order valence-corrected chi connectivity index (χ1v) is 13.8. The highest BCUT2D eigenvalue weighted by Gasteiger charge is 2.43. The van der Waals surface area contributed by atoms with Gasteiger partial charge >= 0.3 is 0 Å². The molecule has 1 unspecified atom stereocenters. The Balaban J connectivity index is 1.55. The number of amidine groups is 1. The number of nitrogens with zero attached hydrogens (tertiary/aromatic N) is 2. The Morgan fingerprint density at radius 1 is 1.16 bits per heavy atom. The average molecular weight is 512 g/mol. The lowest BCUT2D eigenvalue weighted by Gasteiger charge is -2.30. The fraction of sp³-hybridized carbons (Fsp3) is 0.381. The highest BCUT2D eigenvalue weighted by atomic mass is 35.5. The van der Waals surface area contributed by atoms with Gasteiger partial charge in [0.25, 0.3) is 10.0 Å². The lowest BCUT2D eigenvalue weighted by Crippen LogP contribution is -2.42. The van der Waals surface area contributed by atoms with Gasteiger partial charge in [-0.1, -0.05) is 48.7 Å². The second-order valence-electron chi connectivity index (χ2n) is 7.65. The molecule has 1 aromatic heterocycles. The van der Waals surface area contributed by atoms with Crippen molar-refractivity contribution in [2.24, 2.45) is 4.40 Å². The summed E-state index contributed by atoms with van der Waals surface area (Å²) in [7, 11) is -3.92. The van der Waals surface area contributed by atoms with E-state index in [0.29, 0.717) is 10.7 Å². The van der Waals surface area contributed by atoms with Crippen LogP contribution in [0.25, 0.3) is 0 Å². The maximum atomic E-state index is 13.3. The zero-order valence-electron chi connectivity index (χ0n) is 17.1. The number of nitrogens with one attached hydrogen (secondary N) is 1. The van der Waals surface area contributed by atoms with Crippen LogP contribution in [0.1, 0.15) is 38.5 Å². The number of thioether (sulfide) groups is 1. The quantitative estimate of drug-likeness (QED) is 0.603. The van der Waals surface area contributed by atoms with Crippen LogP contribution in [0.15, 0.2) is 50.4 Å². The Morgan fingerprint density at radius 2 is 1.88 bits per heavy atom. The first-order valence-electron chi connectivity index (χ1n) is 10.3. The van der Waals surface area contributed by atoms with Crippen molar-refractivity contribution in [3.63, 3.8) is 0 Å². The first-order chi connectivity index (χ1) is 15.3. The number of carbonyl (C=O) groups excluding carboxylic acids is 2. The number of amides is 2. The first kappa shape index (κ1) is 23.3. The Labute approximate surface area is 200 Å². The fourth-order valence-corrected chi connectivity index (χ4v) is 7.32. The summed E-state index contributed by atoms with van der Waals surface area (Å²) < 4.78 is 29.7. The van der Waals surface area contributed by atoms with Crippen LogP contribution in [0, 0.1) is 0 Å². The lowest BCUT2D eigenvalue weighted by atomic mass is 9.94. The molecule has 0 radical (unpaired) electrons. The minimum absolute atomic E-state index is 0.0760. The van der Waals surface area contributed by atoms with Gasteiger partial charge in [0.1, 0.15) is 9.46 Å². The van der Waals surface area contributed by atoms with Crippen LogP contribution in [0.4, 0.5) is 5.69 Å². The molecule has 1 N–H and O–H groups in total. The van der Waals surface area contributed by atoms with Gasteiger partial charge in [0.05, 0.1) is 0 Å². The Morgan fingerprint density at radius 3 is 2.53 bits per heavy atom. The van der Waals surface area contributed by atoms with E-state index in [1.165, 1.54) is 11.0 Å². The van der Waals surface area contributed by atoms with Crippen LogP contribution in [0.2, 0.25) is 5.02 Å². The topological polar surface area (TPSA) is 95.9 Å². The summed E-state index contributed by atoms with van der Waals surface area (Å²) in [5.41, 5.74) is 0.577. The minimum atomic E-state index is -3.92. The van der Waals surface area contributed by atoms with Gasteiger partial charge in [0, 0.05) is 23.2 Å². The third-order valence-corrected chi connectivity index (χ3v) is 9.51. The summed E-state index contributed by atoms with van der Waals surface area (Å²) >= 11 is 8.01. The van der Waals surface area contributed by atoms with Crippen molar-refractivity contribution in [2.75, 3.05) is 5.32 Å². The number of hydrogen-bond acceptors (Lipinski definition) is 6. The number of anilines is 1. The maximum Gasteiger partial charge on any atom is 0.294 e. The molecule has 2 fully saturated rings. The summed E-state index contributed by atoms with van der Waals surface area (Å²) in [6.45, 7) is 0. The van der Waals surface area contributed by atoms with E-state index in [9.17, 15) is 18.0 Å². The standard InChI is InChI=1S/C21H22ClN3O4S3/c22-14-8-10-15(11-9-14)23-18(26)13-17-20(27)25(16-5-2-1-3-6-16)21(31-17)24-32(28,29)19-7-4-12-30-19/h4,7-12,16-17H,1-3,5-6,13H2,(H,23,26)/b24-21+. The molecule has 7 nitrogen and oxygen atoms in total. The fourth-order valence-electron chi connectivity index (χ4n) is 3.83. The van der Waals surface area contributed by atoms with Crippen LogP contribution in [0.5, 0.6) is 0 Å². The van der Waals surface area contributed by atoms with E-state index in [4.69, 9.17) is 11.6 Å². The van der Waals surface area contributed by atoms with Gasteiger partial charge in [-0.3, -0.25) is 14.5 Å². The van der Waals surface area contributed by atoms with Crippen molar-refractivity contribution in [1.82, 2.24) is 4.90 Å². The van der Waals surface area contributed by atoms with Crippen molar-refractivity contribution in [3.05, 3.63) is 46.8 Å². The van der Waals surface area contributed by atoms with Gasteiger partial charge in [-0.2, -0.15) is 8.42 Å². The molecule has 2 heterocycles. The number of sulfonamides is 1. The molecule has 4 rings (SSSR count). The van der Waals surface area contributed by atoms with Crippen LogP contribution >= 0.6 is 34.7 Å². The van der Waals surface area contributed by atoms with Crippen molar-refractivity contribution in [2.45, 2.75) is 54.0 Å². The third kappa shape index (κ3) is 5.36. The molecular formula is C21H22ClN3O4S3. The SMILES string of the molecule is O=C(CC1S/C(=N/S(=O)(=O)c2cccs2)N(C2CCCCC2)C1=O)Nc1ccc(Cl)cc1. The molecule has 0 spiro atoms. The highest BCUT2D eigenvalue weighted by molar-refractivity contribution is 8.16. The van der Waals surface area contributed by atoms with Crippen molar-refractivity contribution in [3.8, 4) is 0 Å². The van der Waals surface area contributed by atoms with E-state index in [0.717, 1.165) is 55.2 Å². The van der Waals surface area contributed by atoms with Gasteiger partial charge < -0.3 is 5.32 Å². The smallest absolute Gasteiger partial charge is 0.294 e. The molecule has 2 aromatic rings. The third-order valence-electron chi connectivity index (χ3n) is 5.35. The van der Waals surface area contributed by atoms with Gasteiger partial charge in [-0.05, 0) is 48.6 Å². The second kappa shape index (κ2) is 9.94. The number of thiophene rings is 1. The van der Waals surface area contributed by atoms with Crippen molar-refractivity contribution in [1.29, 1.82) is 0 Å². The minimum Gasteiger partial charge on any atom is -0.326 e. The molecule has 32 heavy (non-hydrogen) atoms. The number of benzene rings is 1. The number of halogens is 1. The van der Waals surface area contributed by atoms with Gasteiger partial charge in [0.2, 0.25) is 11.8 Å². The van der Waals surface area contributed by atoms with Gasteiger partial charge in [-0.15, -0.1) is 15.7 Å². The van der Waals surface area contributed by atoms with Crippen LogP contribution in [0.3, 0.4) is 0 Å². The molecule has 1 saturated carbocycles. The van der Waals surface area contributed by atoms with Crippen LogP contribution in [-0.2, 0) is 19.6 Å². The predicted octanol–water partition coefficient (Wildman–Crippen LogP) is 4.75. The van der Waals surface area contributed by atoms with Crippen molar-refractivity contribution >= 4 is 67.4 Å². The summed E-state index contributed by atoms with van der Waals surface area (Å²) in [4.78, 5) is 27.4. The van der Waals surface area contributed by atoms with Crippen LogP contribution < -0.4 is 5.32 Å². The van der Waals surface area contributed by atoms with Gasteiger partial charge in [-0.25, -0.2) is 0 Å². The molecule has 1 saturated heterocycles. The number of rotatable bonds is 6.